The topological polar surface area (TPSA) is 60.2 Å². The van der Waals surface area contributed by atoms with Gasteiger partial charge in [0.25, 0.3) is 0 Å². The van der Waals surface area contributed by atoms with E-state index in [1.165, 1.54) is 0 Å². The van der Waals surface area contributed by atoms with Gasteiger partial charge in [-0.05, 0) is 24.0 Å². The molecule has 0 aliphatic carbocycles. The molecule has 1 aliphatic heterocycles. The van der Waals surface area contributed by atoms with Gasteiger partial charge in [-0.1, -0.05) is 19.9 Å². The Morgan fingerprint density at radius 3 is 2.88 bits per heavy atom. The molecule has 2 aromatic heterocycles. The minimum Gasteiger partial charge on any atom is -0.368 e. The highest BCUT2D eigenvalue weighted by Crippen LogP contribution is 2.31. The summed E-state index contributed by atoms with van der Waals surface area (Å²) in [6.07, 6.45) is 7.89. The summed E-state index contributed by atoms with van der Waals surface area (Å²) in [7, 11) is 0. The van der Waals surface area contributed by atoms with Crippen LogP contribution in [0.3, 0.4) is 0 Å². The maximum Gasteiger partial charge on any atom is 0.248 e. The van der Waals surface area contributed by atoms with Crippen LogP contribution in [0.2, 0.25) is 0 Å². The van der Waals surface area contributed by atoms with Crippen LogP contribution in [0.5, 0.6) is 0 Å². The summed E-state index contributed by atoms with van der Waals surface area (Å²) >= 11 is 0. The second kappa shape index (κ2) is 7.19. The smallest absolute Gasteiger partial charge is 0.248 e. The zero-order chi connectivity index (χ0) is 17.9. The maximum absolute atomic E-state index is 12.5. The summed E-state index contributed by atoms with van der Waals surface area (Å²) < 4.78 is 7.29. The number of hydrogen-bond acceptors (Lipinski definition) is 4. The van der Waals surface area contributed by atoms with Crippen LogP contribution in [0, 0.1) is 5.41 Å². The quantitative estimate of drug-likeness (QED) is 0.619. The number of nitrogens with zero attached hydrogens (tertiary/aromatic N) is 4. The van der Waals surface area contributed by atoms with E-state index in [0.29, 0.717) is 19.7 Å². The third-order valence-corrected chi connectivity index (χ3v) is 4.30. The number of hydrogen-bond donors (Lipinski definition) is 0. The molecule has 1 aliphatic rings. The van der Waals surface area contributed by atoms with E-state index >= 15 is 0 Å². The molecule has 0 aromatic carbocycles. The molecule has 0 unspecified atom stereocenters. The molecule has 0 bridgehead atoms. The second-order valence-corrected chi connectivity index (χ2v) is 7.13. The molecule has 0 saturated heterocycles. The van der Waals surface area contributed by atoms with Crippen LogP contribution in [0.4, 0.5) is 0 Å². The van der Waals surface area contributed by atoms with E-state index in [0.717, 1.165) is 23.4 Å². The minimum absolute atomic E-state index is 0.000522. The number of fused-ring (bicyclic) bond motifs is 1. The van der Waals surface area contributed by atoms with E-state index in [9.17, 15) is 4.79 Å². The van der Waals surface area contributed by atoms with Gasteiger partial charge in [0.1, 0.15) is 6.61 Å². The Morgan fingerprint density at radius 2 is 2.16 bits per heavy atom. The SMILES string of the molecule is C=CCOCC(=O)N1Cc2cnn(-c3ccncc3)c2CC(C)(C)C1. The first-order chi connectivity index (χ1) is 12.0. The number of amides is 1. The highest BCUT2D eigenvalue weighted by molar-refractivity contribution is 5.77. The third kappa shape index (κ3) is 3.96. The van der Waals surface area contributed by atoms with Crippen LogP contribution >= 0.6 is 0 Å². The molecule has 2 aromatic rings. The largest absolute Gasteiger partial charge is 0.368 e. The maximum atomic E-state index is 12.5. The summed E-state index contributed by atoms with van der Waals surface area (Å²) in [5, 5.41) is 4.55. The fourth-order valence-electron chi connectivity index (χ4n) is 3.22. The van der Waals surface area contributed by atoms with Crippen molar-refractivity contribution in [3.8, 4) is 5.69 Å². The molecule has 6 heteroatoms. The van der Waals surface area contributed by atoms with Gasteiger partial charge in [-0.25, -0.2) is 4.68 Å². The fraction of sp³-hybridized carbons (Fsp3) is 0.421. The average molecular weight is 340 g/mol. The Labute approximate surface area is 148 Å². The molecule has 3 rings (SSSR count). The fourth-order valence-corrected chi connectivity index (χ4v) is 3.22. The zero-order valence-corrected chi connectivity index (χ0v) is 14.8. The molecular formula is C19H24N4O2. The number of pyridine rings is 1. The predicted octanol–water partition coefficient (Wildman–Crippen LogP) is 2.38. The molecule has 3 heterocycles. The van der Waals surface area contributed by atoms with Crippen LogP contribution in [0.25, 0.3) is 5.69 Å². The van der Waals surface area contributed by atoms with Crippen LogP contribution in [-0.2, 0) is 22.5 Å². The Balaban J connectivity index is 1.87. The standard InChI is InChI=1S/C19H24N4O2/c1-4-9-25-13-18(24)22-12-15-11-21-23(16-5-7-20-8-6-16)17(15)10-19(2,3)14-22/h4-8,11H,1,9-10,12-14H2,2-3H3. The van der Waals surface area contributed by atoms with Crippen molar-refractivity contribution in [2.24, 2.45) is 5.41 Å². The highest BCUT2D eigenvalue weighted by atomic mass is 16.5. The number of rotatable bonds is 5. The second-order valence-electron chi connectivity index (χ2n) is 7.13. The van der Waals surface area contributed by atoms with Crippen molar-refractivity contribution in [1.29, 1.82) is 0 Å². The molecule has 0 atom stereocenters. The van der Waals surface area contributed by atoms with E-state index in [1.54, 1.807) is 18.5 Å². The van der Waals surface area contributed by atoms with Gasteiger partial charge in [0.15, 0.2) is 0 Å². The van der Waals surface area contributed by atoms with E-state index in [4.69, 9.17) is 4.74 Å². The van der Waals surface area contributed by atoms with Crippen molar-refractivity contribution in [3.63, 3.8) is 0 Å². The molecule has 6 nitrogen and oxygen atoms in total. The Hall–Kier alpha value is -2.47. The van der Waals surface area contributed by atoms with Crippen LogP contribution in [-0.4, -0.2) is 45.3 Å². The Morgan fingerprint density at radius 1 is 1.40 bits per heavy atom. The molecule has 132 valence electrons. The minimum atomic E-state index is -0.0514. The van der Waals surface area contributed by atoms with Gasteiger partial charge in [0.05, 0.1) is 18.5 Å². The summed E-state index contributed by atoms with van der Waals surface area (Å²) in [6, 6.07) is 3.88. The van der Waals surface area contributed by atoms with Gasteiger partial charge in [-0.3, -0.25) is 9.78 Å². The van der Waals surface area contributed by atoms with Crippen LogP contribution < -0.4 is 0 Å². The van der Waals surface area contributed by atoms with Crippen molar-refractivity contribution in [2.75, 3.05) is 19.8 Å². The van der Waals surface area contributed by atoms with Gasteiger partial charge < -0.3 is 9.64 Å². The lowest BCUT2D eigenvalue weighted by molar-refractivity contribution is -0.137. The third-order valence-electron chi connectivity index (χ3n) is 4.30. The molecule has 0 N–H and O–H groups in total. The molecule has 1 amide bonds. The lowest BCUT2D eigenvalue weighted by Crippen LogP contribution is -2.39. The molecule has 0 saturated carbocycles. The van der Waals surface area contributed by atoms with E-state index in [-0.39, 0.29) is 17.9 Å². The van der Waals surface area contributed by atoms with Crippen molar-refractivity contribution < 1.29 is 9.53 Å². The van der Waals surface area contributed by atoms with Crippen molar-refractivity contribution in [3.05, 3.63) is 54.6 Å². The molecule has 0 fully saturated rings. The van der Waals surface area contributed by atoms with Gasteiger partial charge >= 0.3 is 0 Å². The van der Waals surface area contributed by atoms with Crippen LogP contribution in [0.1, 0.15) is 25.1 Å². The zero-order valence-electron chi connectivity index (χ0n) is 14.8. The Kier molecular flexibility index (Phi) is 4.99. The monoisotopic (exact) mass is 340 g/mol. The molecule has 0 radical (unpaired) electrons. The number of carbonyl (C=O) groups is 1. The summed E-state index contributed by atoms with van der Waals surface area (Å²) in [6.45, 7) is 9.67. The van der Waals surface area contributed by atoms with Crippen molar-refractivity contribution in [1.82, 2.24) is 19.7 Å². The normalized spacial score (nSPS) is 16.2. The van der Waals surface area contributed by atoms with Gasteiger partial charge in [-0.2, -0.15) is 5.10 Å². The van der Waals surface area contributed by atoms with E-state index in [2.05, 4.69) is 30.5 Å². The Bertz CT molecular complexity index is 752. The van der Waals surface area contributed by atoms with Crippen molar-refractivity contribution in [2.45, 2.75) is 26.8 Å². The number of aromatic nitrogens is 3. The molecule has 25 heavy (non-hydrogen) atoms. The number of carbonyl (C=O) groups excluding carboxylic acids is 1. The van der Waals surface area contributed by atoms with Gasteiger partial charge in [0.2, 0.25) is 5.91 Å². The lowest BCUT2D eigenvalue weighted by Gasteiger charge is -2.29. The highest BCUT2D eigenvalue weighted by Gasteiger charge is 2.32. The summed E-state index contributed by atoms with van der Waals surface area (Å²) in [5.41, 5.74) is 3.17. The number of ether oxygens (including phenoxy) is 1. The van der Waals surface area contributed by atoms with E-state index in [1.807, 2.05) is 27.9 Å². The summed E-state index contributed by atoms with van der Waals surface area (Å²) in [5.74, 6) is -0.000522. The molecular weight excluding hydrogens is 316 g/mol. The predicted molar refractivity (Wildman–Crippen MR) is 95.3 cm³/mol. The van der Waals surface area contributed by atoms with Crippen LogP contribution in [0.15, 0.2) is 43.4 Å². The average Bonchev–Trinajstić information content (AvgIpc) is 2.90. The van der Waals surface area contributed by atoms with Gasteiger partial charge in [0, 0.05) is 36.7 Å². The van der Waals surface area contributed by atoms with E-state index < -0.39 is 0 Å². The first-order valence-corrected chi connectivity index (χ1v) is 8.43. The van der Waals surface area contributed by atoms with Crippen molar-refractivity contribution >= 4 is 5.91 Å². The molecule has 0 spiro atoms. The van der Waals surface area contributed by atoms with Gasteiger partial charge in [-0.15, -0.1) is 6.58 Å². The first kappa shape index (κ1) is 17.4. The lowest BCUT2D eigenvalue weighted by atomic mass is 9.87. The summed E-state index contributed by atoms with van der Waals surface area (Å²) in [4.78, 5) is 18.5. The first-order valence-electron chi connectivity index (χ1n) is 8.43.